The van der Waals surface area contributed by atoms with Gasteiger partial charge in [-0.2, -0.15) is 0 Å². The molecule has 322 valence electrons. The van der Waals surface area contributed by atoms with Crippen LogP contribution in [0.25, 0.3) is 0 Å². The Labute approximate surface area is 352 Å². The summed E-state index contributed by atoms with van der Waals surface area (Å²) in [6.07, 6.45) is 6.53. The zero-order valence-corrected chi connectivity index (χ0v) is 33.8. The highest BCUT2D eigenvalue weighted by molar-refractivity contribution is 5.94. The first-order chi connectivity index (χ1) is 29.5. The van der Waals surface area contributed by atoms with E-state index in [1.54, 1.807) is 24.3 Å². The van der Waals surface area contributed by atoms with Crippen molar-refractivity contribution < 1.29 is 71.5 Å². The maximum atomic E-state index is 13.2. The van der Waals surface area contributed by atoms with Crippen molar-refractivity contribution in [3.63, 3.8) is 0 Å². The van der Waals surface area contributed by atoms with E-state index < -0.39 is 65.5 Å². The molecular weight excluding hydrogens is 792 g/mol. The number of rotatable bonds is 18. The van der Waals surface area contributed by atoms with Crippen molar-refractivity contribution in [2.24, 2.45) is 23.7 Å². The minimum atomic E-state index is -0.805. The SMILES string of the molecule is C=CC(=O)OCCCCOc1ccc(OC(=O)C2CCC(C(=O)Oc3ccc(OC(=O)C4CCC(C(=O)Oc5ccc(OC(=O)C=C)cc5)CC4)c(C(=O)OC)c3)CC2)cc1. The molecule has 0 amide bonds. The number of carbonyl (C=O) groups excluding carboxylic acids is 7. The molecule has 2 aliphatic rings. The molecule has 0 aromatic heterocycles. The van der Waals surface area contributed by atoms with Gasteiger partial charge in [0.05, 0.1) is 44.0 Å². The fourth-order valence-corrected chi connectivity index (χ4v) is 6.81. The Bertz CT molecular complexity index is 2050. The smallest absolute Gasteiger partial charge is 0.341 e. The lowest BCUT2D eigenvalue weighted by atomic mass is 9.82. The lowest BCUT2D eigenvalue weighted by molar-refractivity contribution is -0.145. The third-order valence-corrected chi connectivity index (χ3v) is 10.3. The fraction of sp³-hybridized carbons (Fsp3) is 0.370. The molecular formula is C46H48O15. The largest absolute Gasteiger partial charge is 0.494 e. The van der Waals surface area contributed by atoms with Gasteiger partial charge < -0.3 is 37.9 Å². The van der Waals surface area contributed by atoms with Gasteiger partial charge in [-0.15, -0.1) is 0 Å². The average Bonchev–Trinajstić information content (AvgIpc) is 3.28. The zero-order chi connectivity index (χ0) is 43.7. The van der Waals surface area contributed by atoms with Crippen LogP contribution in [0.1, 0.15) is 74.6 Å². The summed E-state index contributed by atoms with van der Waals surface area (Å²) in [5.41, 5.74) is -0.113. The molecule has 2 fully saturated rings. The lowest BCUT2D eigenvalue weighted by Crippen LogP contribution is -2.31. The van der Waals surface area contributed by atoms with Gasteiger partial charge in [-0.3, -0.25) is 19.2 Å². The second-order valence-electron chi connectivity index (χ2n) is 14.4. The van der Waals surface area contributed by atoms with Gasteiger partial charge in [-0.25, -0.2) is 14.4 Å². The number of carbonyl (C=O) groups is 7. The van der Waals surface area contributed by atoms with E-state index in [4.69, 9.17) is 37.9 Å². The van der Waals surface area contributed by atoms with Gasteiger partial charge in [-0.1, -0.05) is 13.2 Å². The molecule has 3 aromatic rings. The summed E-state index contributed by atoms with van der Waals surface area (Å²) in [5, 5.41) is 0. The predicted molar refractivity (Wildman–Crippen MR) is 216 cm³/mol. The van der Waals surface area contributed by atoms with Crippen LogP contribution in [0, 0.1) is 23.7 Å². The van der Waals surface area contributed by atoms with Gasteiger partial charge in [0.1, 0.15) is 40.1 Å². The second-order valence-corrected chi connectivity index (χ2v) is 14.4. The van der Waals surface area contributed by atoms with Crippen LogP contribution in [0.2, 0.25) is 0 Å². The van der Waals surface area contributed by atoms with Gasteiger partial charge in [-0.05, 0) is 131 Å². The number of unbranched alkanes of at least 4 members (excludes halogenated alkanes) is 1. The van der Waals surface area contributed by atoms with Crippen LogP contribution in [-0.4, -0.2) is 62.1 Å². The molecule has 2 aliphatic carbocycles. The van der Waals surface area contributed by atoms with E-state index in [9.17, 15) is 33.6 Å². The van der Waals surface area contributed by atoms with Crippen molar-refractivity contribution in [2.75, 3.05) is 20.3 Å². The molecule has 0 unspecified atom stereocenters. The highest BCUT2D eigenvalue weighted by Gasteiger charge is 2.34. The Kier molecular flexibility index (Phi) is 16.8. The monoisotopic (exact) mass is 840 g/mol. The van der Waals surface area contributed by atoms with Crippen LogP contribution in [0.4, 0.5) is 0 Å². The van der Waals surface area contributed by atoms with Crippen LogP contribution in [-0.2, 0) is 38.2 Å². The summed E-state index contributed by atoms with van der Waals surface area (Å²) >= 11 is 0. The van der Waals surface area contributed by atoms with Gasteiger partial charge in [0.25, 0.3) is 0 Å². The molecule has 0 bridgehead atoms. The number of ether oxygens (including phenoxy) is 8. The van der Waals surface area contributed by atoms with Crippen LogP contribution in [0.15, 0.2) is 92.0 Å². The van der Waals surface area contributed by atoms with Crippen LogP contribution in [0.5, 0.6) is 34.5 Å². The number of hydrogen-bond donors (Lipinski definition) is 0. The number of esters is 7. The van der Waals surface area contributed by atoms with E-state index in [0.717, 1.165) is 12.2 Å². The Morgan fingerprint density at radius 3 is 1.36 bits per heavy atom. The van der Waals surface area contributed by atoms with Gasteiger partial charge in [0.2, 0.25) is 0 Å². The van der Waals surface area contributed by atoms with E-state index >= 15 is 0 Å². The molecule has 0 spiro atoms. The van der Waals surface area contributed by atoms with E-state index in [1.807, 2.05) is 0 Å². The van der Waals surface area contributed by atoms with Gasteiger partial charge in [0, 0.05) is 12.2 Å². The lowest BCUT2D eigenvalue weighted by Gasteiger charge is -2.26. The summed E-state index contributed by atoms with van der Waals surface area (Å²) in [4.78, 5) is 87.3. The molecule has 61 heavy (non-hydrogen) atoms. The summed E-state index contributed by atoms with van der Waals surface area (Å²) in [5.74, 6) is -4.19. The highest BCUT2D eigenvalue weighted by Crippen LogP contribution is 2.35. The summed E-state index contributed by atoms with van der Waals surface area (Å²) in [6.45, 7) is 7.40. The summed E-state index contributed by atoms with van der Waals surface area (Å²) in [6, 6.07) is 16.7. The quantitative estimate of drug-likeness (QED) is 0.0545. The summed E-state index contributed by atoms with van der Waals surface area (Å²) in [7, 11) is 1.17. The molecule has 15 nitrogen and oxygen atoms in total. The third kappa shape index (κ3) is 13.6. The molecule has 3 aromatic carbocycles. The van der Waals surface area contributed by atoms with Crippen molar-refractivity contribution in [2.45, 2.75) is 64.2 Å². The molecule has 0 radical (unpaired) electrons. The molecule has 5 rings (SSSR count). The van der Waals surface area contributed by atoms with Crippen molar-refractivity contribution in [1.82, 2.24) is 0 Å². The Hall–Kier alpha value is -6.77. The van der Waals surface area contributed by atoms with E-state index in [0.29, 0.717) is 82.3 Å². The standard InChI is InChI=1S/C46H48O15/c1-4-40(47)56-27-7-6-26-55-33-16-18-35(19-17-33)58-42(49)29-8-10-31(11-9-29)44(51)60-37-24-25-39(38(28-37)46(53)54-3)61-45(52)32-14-12-30(13-15-32)43(50)59-36-22-20-34(21-23-36)57-41(48)5-2/h4-5,16-25,28-32H,1-2,6-15,26-27H2,3H3. The first-order valence-corrected chi connectivity index (χ1v) is 20.0. The Balaban J connectivity index is 1.04. The minimum absolute atomic E-state index is 0.0552. The fourth-order valence-electron chi connectivity index (χ4n) is 6.81. The first kappa shape index (κ1) is 45.3. The van der Waals surface area contributed by atoms with Crippen LogP contribution < -0.4 is 28.4 Å². The topological polar surface area (TPSA) is 193 Å². The summed E-state index contributed by atoms with van der Waals surface area (Å²) < 4.78 is 42.9. The molecule has 0 atom stereocenters. The predicted octanol–water partition coefficient (Wildman–Crippen LogP) is 7.09. The number of benzene rings is 3. The third-order valence-electron chi connectivity index (χ3n) is 10.3. The molecule has 0 saturated heterocycles. The van der Waals surface area contributed by atoms with Gasteiger partial charge >= 0.3 is 41.8 Å². The highest BCUT2D eigenvalue weighted by atomic mass is 16.6. The maximum absolute atomic E-state index is 13.2. The maximum Gasteiger partial charge on any atom is 0.341 e. The van der Waals surface area contributed by atoms with E-state index in [-0.39, 0.29) is 35.2 Å². The van der Waals surface area contributed by atoms with Crippen molar-refractivity contribution in [3.8, 4) is 34.5 Å². The Morgan fingerprint density at radius 1 is 0.508 bits per heavy atom. The van der Waals surface area contributed by atoms with Gasteiger partial charge in [0.15, 0.2) is 0 Å². The van der Waals surface area contributed by atoms with Crippen LogP contribution >= 0.6 is 0 Å². The zero-order valence-electron chi connectivity index (χ0n) is 33.8. The molecule has 15 heteroatoms. The molecule has 0 aliphatic heterocycles. The van der Waals surface area contributed by atoms with Crippen LogP contribution in [0.3, 0.4) is 0 Å². The number of methoxy groups -OCH3 is 1. The minimum Gasteiger partial charge on any atom is -0.494 e. The van der Waals surface area contributed by atoms with Crippen molar-refractivity contribution in [3.05, 3.63) is 97.6 Å². The number of hydrogen-bond acceptors (Lipinski definition) is 15. The molecule has 0 N–H and O–H groups in total. The van der Waals surface area contributed by atoms with Crippen molar-refractivity contribution in [1.29, 1.82) is 0 Å². The van der Waals surface area contributed by atoms with E-state index in [1.165, 1.54) is 49.6 Å². The first-order valence-electron chi connectivity index (χ1n) is 20.0. The molecule has 2 saturated carbocycles. The van der Waals surface area contributed by atoms with E-state index in [2.05, 4.69) is 13.2 Å². The second kappa shape index (κ2) is 22.6. The normalized spacial score (nSPS) is 18.2. The average molecular weight is 841 g/mol. The molecule has 0 heterocycles. The Morgan fingerprint density at radius 2 is 0.902 bits per heavy atom. The van der Waals surface area contributed by atoms with Crippen molar-refractivity contribution >= 4 is 41.8 Å².